The van der Waals surface area contributed by atoms with E-state index in [1.54, 1.807) is 26.8 Å². The molecular formula is C28H33FN4O7S. The first-order valence-electron chi connectivity index (χ1n) is 13.4. The second-order valence-electron chi connectivity index (χ2n) is 11.8. The molecule has 1 aromatic heterocycles. The molecule has 4 atom stereocenters. The summed E-state index contributed by atoms with van der Waals surface area (Å²) in [5.74, 6) is -2.28. The molecule has 0 spiro atoms. The molecule has 5 rings (SSSR count). The second kappa shape index (κ2) is 10.3. The molecule has 1 aliphatic heterocycles. The number of nitrogens with zero attached hydrogens (tertiary/aromatic N) is 2. The monoisotopic (exact) mass is 588 g/mol. The number of amides is 3. The van der Waals surface area contributed by atoms with Gasteiger partial charge in [0.05, 0.1) is 11.8 Å². The van der Waals surface area contributed by atoms with Crippen LogP contribution in [-0.4, -0.2) is 71.3 Å². The summed E-state index contributed by atoms with van der Waals surface area (Å²) < 4.78 is 52.9. The molecule has 2 N–H and O–H groups in total. The van der Waals surface area contributed by atoms with Crippen LogP contribution in [0.3, 0.4) is 0 Å². The van der Waals surface area contributed by atoms with Crippen molar-refractivity contribution in [2.45, 2.75) is 75.0 Å². The number of sulfonamides is 1. The number of aromatic nitrogens is 1. The van der Waals surface area contributed by atoms with E-state index in [-0.39, 0.29) is 25.3 Å². The Labute approximate surface area is 237 Å². The lowest BCUT2D eigenvalue weighted by Crippen LogP contribution is -2.56. The van der Waals surface area contributed by atoms with E-state index in [0.29, 0.717) is 23.6 Å². The number of halogens is 1. The summed E-state index contributed by atoms with van der Waals surface area (Å²) in [6.45, 7) is 8.74. The van der Waals surface area contributed by atoms with Gasteiger partial charge in [-0.05, 0) is 58.2 Å². The summed E-state index contributed by atoms with van der Waals surface area (Å²) in [6, 6.07) is 4.94. The average Bonchev–Trinajstić information content (AvgIpc) is 3.80. The molecule has 2 aliphatic carbocycles. The van der Waals surface area contributed by atoms with E-state index >= 15 is 0 Å². The predicted octanol–water partition coefficient (Wildman–Crippen LogP) is 2.80. The molecule has 0 radical (unpaired) electrons. The normalized spacial score (nSPS) is 25.9. The fraction of sp³-hybridized carbons (Fsp3) is 0.500. The summed E-state index contributed by atoms with van der Waals surface area (Å²) in [6.07, 6.45) is 2.56. The molecule has 3 amide bonds. The molecule has 1 unspecified atom stereocenters. The maximum atomic E-state index is 14.3. The van der Waals surface area contributed by atoms with Gasteiger partial charge in [-0.2, -0.15) is 0 Å². The number of hydrogen-bond acceptors (Lipinski definition) is 8. The van der Waals surface area contributed by atoms with Crippen LogP contribution in [0.1, 0.15) is 46.5 Å². The van der Waals surface area contributed by atoms with Crippen LogP contribution in [0.25, 0.3) is 10.8 Å². The molecule has 41 heavy (non-hydrogen) atoms. The Bertz CT molecular complexity index is 1520. The first-order chi connectivity index (χ1) is 19.2. The highest BCUT2D eigenvalue weighted by Crippen LogP contribution is 2.45. The third-order valence-corrected chi connectivity index (χ3v) is 9.26. The van der Waals surface area contributed by atoms with Crippen LogP contribution in [0.5, 0.6) is 5.88 Å². The number of carbonyl (C=O) groups is 3. The highest BCUT2D eigenvalue weighted by molar-refractivity contribution is 7.91. The number of ether oxygens (including phenoxy) is 2. The second-order valence-corrected chi connectivity index (χ2v) is 13.7. The van der Waals surface area contributed by atoms with Crippen molar-refractivity contribution in [1.29, 1.82) is 0 Å². The molecule has 2 saturated carbocycles. The van der Waals surface area contributed by atoms with Crippen molar-refractivity contribution < 1.29 is 36.7 Å². The Hall–Kier alpha value is -3.74. The van der Waals surface area contributed by atoms with Crippen LogP contribution >= 0.6 is 0 Å². The number of pyridine rings is 1. The number of likely N-dealkylation sites (tertiary alicyclic amines) is 1. The summed E-state index contributed by atoms with van der Waals surface area (Å²) in [4.78, 5) is 45.4. The molecule has 1 saturated heterocycles. The van der Waals surface area contributed by atoms with E-state index in [4.69, 9.17) is 9.47 Å². The molecule has 11 nitrogen and oxygen atoms in total. The summed E-state index contributed by atoms with van der Waals surface area (Å²) >= 11 is 0. The summed E-state index contributed by atoms with van der Waals surface area (Å²) in [7, 11) is -3.85. The Morgan fingerprint density at radius 2 is 1.93 bits per heavy atom. The number of hydrogen-bond donors (Lipinski definition) is 2. The molecule has 3 fully saturated rings. The zero-order chi connectivity index (χ0) is 29.7. The SMILES string of the molecule is C=C[C@@H]1CC1(NC(=O)[C@@H]1C[C@@H](Oc2nccc3c(F)cccc23)CN1C(=O)OC(C)(C)C)C(=O)NS(=O)(=O)C1CC1. The molecule has 2 heterocycles. The Morgan fingerprint density at radius 3 is 2.56 bits per heavy atom. The van der Waals surface area contributed by atoms with Crippen LogP contribution in [0.2, 0.25) is 0 Å². The largest absolute Gasteiger partial charge is 0.472 e. The lowest BCUT2D eigenvalue weighted by Gasteiger charge is -2.29. The Kier molecular flexibility index (Phi) is 7.21. The molecule has 0 bridgehead atoms. The highest BCUT2D eigenvalue weighted by Gasteiger charge is 2.62. The van der Waals surface area contributed by atoms with E-state index in [0.717, 1.165) is 0 Å². The van der Waals surface area contributed by atoms with Gasteiger partial charge in [0, 0.05) is 29.3 Å². The van der Waals surface area contributed by atoms with Gasteiger partial charge >= 0.3 is 6.09 Å². The summed E-state index contributed by atoms with van der Waals surface area (Å²) in [5.41, 5.74) is -2.36. The van der Waals surface area contributed by atoms with Crippen molar-refractivity contribution in [3.8, 4) is 5.88 Å². The molecular weight excluding hydrogens is 555 g/mol. The quantitative estimate of drug-likeness (QED) is 0.448. The third-order valence-electron chi connectivity index (χ3n) is 7.44. The van der Waals surface area contributed by atoms with Crippen molar-refractivity contribution in [3.05, 3.63) is 48.9 Å². The van der Waals surface area contributed by atoms with Crippen molar-refractivity contribution in [3.63, 3.8) is 0 Å². The fourth-order valence-corrected chi connectivity index (χ4v) is 6.43. The number of benzene rings is 1. The molecule has 2 aromatic rings. The van der Waals surface area contributed by atoms with Gasteiger partial charge in [-0.25, -0.2) is 22.6 Å². The zero-order valence-corrected chi connectivity index (χ0v) is 23.9. The van der Waals surface area contributed by atoms with E-state index in [1.165, 1.54) is 35.4 Å². The van der Waals surface area contributed by atoms with Crippen molar-refractivity contribution in [2.75, 3.05) is 6.54 Å². The number of fused-ring (bicyclic) bond motifs is 1. The minimum Gasteiger partial charge on any atom is -0.472 e. The smallest absolute Gasteiger partial charge is 0.411 e. The topological polar surface area (TPSA) is 144 Å². The average molecular weight is 589 g/mol. The van der Waals surface area contributed by atoms with Gasteiger partial charge in [-0.1, -0.05) is 12.1 Å². The highest BCUT2D eigenvalue weighted by atomic mass is 32.2. The molecule has 220 valence electrons. The lowest BCUT2D eigenvalue weighted by molar-refractivity contribution is -0.131. The first-order valence-corrected chi connectivity index (χ1v) is 15.0. The summed E-state index contributed by atoms with van der Waals surface area (Å²) in [5, 5.41) is 2.83. The van der Waals surface area contributed by atoms with E-state index in [1.807, 2.05) is 0 Å². The van der Waals surface area contributed by atoms with E-state index < -0.39 is 68.2 Å². The molecule has 13 heteroatoms. The molecule has 3 aliphatic rings. The predicted molar refractivity (Wildman–Crippen MR) is 147 cm³/mol. The third kappa shape index (κ3) is 5.85. The van der Waals surface area contributed by atoms with Gasteiger partial charge in [0.15, 0.2) is 0 Å². The van der Waals surface area contributed by atoms with Gasteiger partial charge < -0.3 is 14.8 Å². The van der Waals surface area contributed by atoms with Crippen molar-refractivity contribution in [2.24, 2.45) is 5.92 Å². The maximum Gasteiger partial charge on any atom is 0.411 e. The lowest BCUT2D eigenvalue weighted by atomic mass is 10.1. The van der Waals surface area contributed by atoms with Gasteiger partial charge in [-0.3, -0.25) is 19.2 Å². The van der Waals surface area contributed by atoms with Gasteiger partial charge in [0.2, 0.25) is 21.8 Å². The maximum absolute atomic E-state index is 14.3. The van der Waals surface area contributed by atoms with Crippen LogP contribution in [0.4, 0.5) is 9.18 Å². The first kappa shape index (κ1) is 28.8. The van der Waals surface area contributed by atoms with Crippen LogP contribution in [0, 0.1) is 11.7 Å². The van der Waals surface area contributed by atoms with Crippen LogP contribution < -0.4 is 14.8 Å². The zero-order valence-electron chi connectivity index (χ0n) is 23.1. The van der Waals surface area contributed by atoms with E-state index in [9.17, 15) is 27.2 Å². The Balaban J connectivity index is 1.38. The standard InChI is InChI=1S/C28H33FN4O7S/c1-5-16-14-28(16,25(35)32-41(37,38)18-9-10-18)31-23(34)22-13-17(15-33(22)26(36)40-27(2,3)4)39-24-20-7-6-8-21(29)19(20)11-12-30-24/h5-8,11-12,16-18,22H,1,9-10,13-15H2,2-4H3,(H,31,34)(H,32,35)/t16-,17-,22+,28?/m1/s1. The fourth-order valence-electron chi connectivity index (χ4n) is 5.07. The van der Waals surface area contributed by atoms with Gasteiger partial charge in [-0.15, -0.1) is 6.58 Å². The molecule has 1 aromatic carbocycles. The van der Waals surface area contributed by atoms with Gasteiger partial charge in [0.25, 0.3) is 5.91 Å². The van der Waals surface area contributed by atoms with Gasteiger partial charge in [0.1, 0.15) is 29.1 Å². The van der Waals surface area contributed by atoms with E-state index in [2.05, 4.69) is 21.6 Å². The number of rotatable bonds is 8. The van der Waals surface area contributed by atoms with Crippen LogP contribution in [-0.2, 0) is 24.3 Å². The minimum atomic E-state index is -3.85. The van der Waals surface area contributed by atoms with Crippen LogP contribution in [0.15, 0.2) is 43.1 Å². The number of nitrogens with one attached hydrogen (secondary N) is 2. The van der Waals surface area contributed by atoms with Crippen molar-refractivity contribution in [1.82, 2.24) is 19.9 Å². The minimum absolute atomic E-state index is 0.0231. The Morgan fingerprint density at radius 1 is 1.20 bits per heavy atom. The van der Waals surface area contributed by atoms with Crippen molar-refractivity contribution >= 4 is 38.7 Å². The number of carbonyl (C=O) groups excluding carboxylic acids is 3.